The van der Waals surface area contributed by atoms with Crippen LogP contribution in [0.3, 0.4) is 0 Å². The Kier molecular flexibility index (Phi) is 5.97. The van der Waals surface area contributed by atoms with Crippen molar-refractivity contribution in [3.8, 4) is 0 Å². The number of nitrogens with zero attached hydrogens (tertiary/aromatic N) is 2. The lowest BCUT2D eigenvalue weighted by molar-refractivity contribution is -0.133. The molecule has 1 atom stereocenters. The minimum atomic E-state index is 0.0213. The first-order valence-corrected chi connectivity index (χ1v) is 8.72. The Labute approximate surface area is 134 Å². The van der Waals surface area contributed by atoms with E-state index in [9.17, 15) is 4.79 Å². The minimum Gasteiger partial charge on any atom is -0.368 e. The van der Waals surface area contributed by atoms with Crippen LogP contribution in [0.15, 0.2) is 0 Å². The Hall–Kier alpha value is -0.260. The SMILES string of the molecule is CC(C)CC(=O)N1CCN(CC2(COC(C)S)CC2)CC1. The van der Waals surface area contributed by atoms with Crippen molar-refractivity contribution in [1.29, 1.82) is 0 Å². The van der Waals surface area contributed by atoms with Crippen LogP contribution in [0.25, 0.3) is 0 Å². The maximum Gasteiger partial charge on any atom is 0.222 e. The molecular weight excluding hydrogens is 284 g/mol. The third-order valence-electron chi connectivity index (χ3n) is 4.45. The van der Waals surface area contributed by atoms with E-state index in [1.807, 2.05) is 11.8 Å². The van der Waals surface area contributed by atoms with Gasteiger partial charge in [0.05, 0.1) is 12.0 Å². The highest BCUT2D eigenvalue weighted by Crippen LogP contribution is 2.46. The molecule has 0 spiro atoms. The molecule has 1 saturated heterocycles. The zero-order valence-corrected chi connectivity index (χ0v) is 14.6. The van der Waals surface area contributed by atoms with Crippen molar-refractivity contribution in [2.45, 2.75) is 45.5 Å². The van der Waals surface area contributed by atoms with Crippen LogP contribution in [0.2, 0.25) is 0 Å². The summed E-state index contributed by atoms with van der Waals surface area (Å²) in [7, 11) is 0. The van der Waals surface area contributed by atoms with E-state index in [0.717, 1.165) is 39.3 Å². The predicted octanol–water partition coefficient (Wildman–Crippen LogP) is 2.25. The second kappa shape index (κ2) is 7.34. The average Bonchev–Trinajstić information content (AvgIpc) is 3.17. The van der Waals surface area contributed by atoms with Gasteiger partial charge in [-0.05, 0) is 25.7 Å². The number of piperazine rings is 1. The number of hydrogen-bond acceptors (Lipinski definition) is 4. The van der Waals surface area contributed by atoms with Gasteiger partial charge in [0, 0.05) is 44.6 Å². The molecular formula is C16H30N2O2S. The van der Waals surface area contributed by atoms with Gasteiger partial charge in [0.15, 0.2) is 0 Å². The summed E-state index contributed by atoms with van der Waals surface area (Å²) in [4.78, 5) is 16.6. The van der Waals surface area contributed by atoms with Crippen molar-refractivity contribution < 1.29 is 9.53 Å². The monoisotopic (exact) mass is 314 g/mol. The number of hydrogen-bond donors (Lipinski definition) is 1. The van der Waals surface area contributed by atoms with Gasteiger partial charge in [0.1, 0.15) is 0 Å². The molecule has 0 aromatic carbocycles. The van der Waals surface area contributed by atoms with E-state index in [0.29, 0.717) is 23.7 Å². The Bertz CT molecular complexity index is 348. The summed E-state index contributed by atoms with van der Waals surface area (Å²) >= 11 is 4.29. The Morgan fingerprint density at radius 2 is 1.81 bits per heavy atom. The maximum absolute atomic E-state index is 12.1. The fraction of sp³-hybridized carbons (Fsp3) is 0.938. The van der Waals surface area contributed by atoms with E-state index in [1.165, 1.54) is 12.8 Å². The van der Waals surface area contributed by atoms with Gasteiger partial charge in [-0.25, -0.2) is 0 Å². The van der Waals surface area contributed by atoms with Gasteiger partial charge in [0.2, 0.25) is 5.91 Å². The number of rotatable bonds is 7. The largest absolute Gasteiger partial charge is 0.368 e. The lowest BCUT2D eigenvalue weighted by atomic mass is 10.1. The maximum atomic E-state index is 12.1. The van der Waals surface area contributed by atoms with Crippen molar-refractivity contribution in [2.24, 2.45) is 11.3 Å². The fourth-order valence-electron chi connectivity index (χ4n) is 2.93. The number of ether oxygens (including phenoxy) is 1. The van der Waals surface area contributed by atoms with Crippen LogP contribution in [0.1, 0.15) is 40.0 Å². The molecule has 1 aliphatic heterocycles. The summed E-state index contributed by atoms with van der Waals surface area (Å²) in [5, 5.41) is 0. The van der Waals surface area contributed by atoms with Gasteiger partial charge in [-0.15, -0.1) is 12.6 Å². The summed E-state index contributed by atoms with van der Waals surface area (Å²) in [6, 6.07) is 0. The van der Waals surface area contributed by atoms with Crippen molar-refractivity contribution in [1.82, 2.24) is 9.80 Å². The molecule has 1 amide bonds. The Morgan fingerprint density at radius 3 is 2.29 bits per heavy atom. The molecule has 0 bridgehead atoms. The Morgan fingerprint density at radius 1 is 1.19 bits per heavy atom. The number of amides is 1. The van der Waals surface area contributed by atoms with E-state index < -0.39 is 0 Å². The molecule has 1 aliphatic carbocycles. The molecule has 4 nitrogen and oxygen atoms in total. The van der Waals surface area contributed by atoms with Crippen LogP contribution < -0.4 is 0 Å². The molecule has 2 aliphatic rings. The zero-order valence-electron chi connectivity index (χ0n) is 13.7. The summed E-state index contributed by atoms with van der Waals surface area (Å²) in [6.07, 6.45) is 3.21. The lowest BCUT2D eigenvalue weighted by Gasteiger charge is -2.37. The molecule has 21 heavy (non-hydrogen) atoms. The van der Waals surface area contributed by atoms with Crippen LogP contribution in [0, 0.1) is 11.3 Å². The molecule has 5 heteroatoms. The fourth-order valence-corrected chi connectivity index (χ4v) is 3.00. The highest BCUT2D eigenvalue weighted by molar-refractivity contribution is 7.80. The minimum absolute atomic E-state index is 0.0213. The number of carbonyl (C=O) groups excluding carboxylic acids is 1. The summed E-state index contributed by atoms with van der Waals surface area (Å²) in [6.45, 7) is 11.9. The van der Waals surface area contributed by atoms with Crippen molar-refractivity contribution >= 4 is 18.5 Å². The second-order valence-electron chi connectivity index (χ2n) is 7.17. The normalized spacial score (nSPS) is 23.4. The molecule has 0 aromatic rings. The topological polar surface area (TPSA) is 32.8 Å². The summed E-state index contributed by atoms with van der Waals surface area (Å²) in [5.74, 6) is 0.767. The third-order valence-corrected chi connectivity index (χ3v) is 4.60. The van der Waals surface area contributed by atoms with Gasteiger partial charge in [-0.3, -0.25) is 9.69 Å². The van der Waals surface area contributed by atoms with E-state index in [4.69, 9.17) is 4.74 Å². The molecule has 122 valence electrons. The van der Waals surface area contributed by atoms with Crippen LogP contribution >= 0.6 is 12.6 Å². The predicted molar refractivity (Wildman–Crippen MR) is 88.5 cm³/mol. The number of thiol groups is 1. The smallest absolute Gasteiger partial charge is 0.222 e. The molecule has 0 aromatic heterocycles. The number of carbonyl (C=O) groups is 1. The summed E-state index contributed by atoms with van der Waals surface area (Å²) in [5.41, 5.74) is 0.383. The molecule has 1 unspecified atom stereocenters. The lowest BCUT2D eigenvalue weighted by Crippen LogP contribution is -2.50. The molecule has 1 heterocycles. The average molecular weight is 314 g/mol. The second-order valence-corrected chi connectivity index (χ2v) is 7.89. The van der Waals surface area contributed by atoms with Gasteiger partial charge in [0.25, 0.3) is 0 Å². The van der Waals surface area contributed by atoms with Crippen molar-refractivity contribution in [3.05, 3.63) is 0 Å². The third kappa shape index (κ3) is 5.46. The van der Waals surface area contributed by atoms with Gasteiger partial charge in [-0.2, -0.15) is 0 Å². The van der Waals surface area contributed by atoms with E-state index in [-0.39, 0.29) is 5.44 Å². The quantitative estimate of drug-likeness (QED) is 0.578. The highest BCUT2D eigenvalue weighted by Gasteiger charge is 2.44. The van der Waals surface area contributed by atoms with E-state index >= 15 is 0 Å². The molecule has 2 rings (SSSR count). The van der Waals surface area contributed by atoms with Gasteiger partial charge in [-0.1, -0.05) is 13.8 Å². The zero-order chi connectivity index (χ0) is 15.5. The molecule has 1 saturated carbocycles. The molecule has 2 fully saturated rings. The van der Waals surface area contributed by atoms with Crippen LogP contribution in [-0.4, -0.2) is 60.5 Å². The highest BCUT2D eigenvalue weighted by atomic mass is 32.1. The first kappa shape index (κ1) is 17.1. The van der Waals surface area contributed by atoms with Crippen molar-refractivity contribution in [3.63, 3.8) is 0 Å². The Balaban J connectivity index is 1.71. The summed E-state index contributed by atoms with van der Waals surface area (Å²) < 4.78 is 5.69. The van der Waals surface area contributed by atoms with Crippen LogP contribution in [0.5, 0.6) is 0 Å². The first-order valence-electron chi connectivity index (χ1n) is 8.20. The standard InChI is InChI=1S/C16H30N2O2S/c1-13(2)10-15(19)18-8-6-17(7-9-18)11-16(4-5-16)12-20-14(3)21/h13-14,21H,4-12H2,1-3H3. The van der Waals surface area contributed by atoms with Crippen molar-refractivity contribution in [2.75, 3.05) is 39.3 Å². The van der Waals surface area contributed by atoms with Crippen LogP contribution in [-0.2, 0) is 9.53 Å². The van der Waals surface area contributed by atoms with E-state index in [1.54, 1.807) is 0 Å². The first-order chi connectivity index (χ1) is 9.90. The van der Waals surface area contributed by atoms with Gasteiger partial charge < -0.3 is 9.64 Å². The molecule has 0 N–H and O–H groups in total. The molecule has 0 radical (unpaired) electrons. The van der Waals surface area contributed by atoms with E-state index in [2.05, 4.69) is 31.4 Å². The van der Waals surface area contributed by atoms with Gasteiger partial charge >= 0.3 is 0 Å². The van der Waals surface area contributed by atoms with Crippen LogP contribution in [0.4, 0.5) is 0 Å².